The lowest BCUT2D eigenvalue weighted by Gasteiger charge is -2.27. The number of benzene rings is 2. The Labute approximate surface area is 240 Å². The number of amides is 1. The predicted octanol–water partition coefficient (Wildman–Crippen LogP) is 4.65. The molecule has 2 N–H and O–H groups in total. The Morgan fingerprint density at radius 3 is 2.46 bits per heavy atom. The van der Waals surface area contributed by atoms with E-state index in [1.807, 2.05) is 0 Å². The molecule has 1 heterocycles. The van der Waals surface area contributed by atoms with Gasteiger partial charge in [-0.25, -0.2) is 31.3 Å². The molecular weight excluding hydrogens is 582 g/mol. The number of nitrogens with two attached hydrogens (primary N) is 1. The molecule has 1 saturated carbocycles. The lowest BCUT2D eigenvalue weighted by atomic mass is 9.85. The average Bonchev–Trinajstić information content (AvgIpc) is 3.48. The van der Waals surface area contributed by atoms with Crippen LogP contribution in [0.2, 0.25) is 0 Å². The molecule has 0 bridgehead atoms. The molecule has 0 atom stereocenters. The summed E-state index contributed by atoms with van der Waals surface area (Å²) < 4.78 is 83.4. The zero-order chi connectivity index (χ0) is 29.6. The van der Waals surface area contributed by atoms with Crippen molar-refractivity contribution in [3.63, 3.8) is 0 Å². The first-order valence-corrected chi connectivity index (χ1v) is 14.9. The standard InChI is InChI=1S/C26H30F2N4O7S2/c1-36-19-8-5-17(22(11-19)37-2)14-32(26-30-15-31-40-26)41(34,35)24-13-20(27)23(12-21(24)28)38-10-9-16-3-6-18(7-4-16)39-25(29)33/h5,8,11-13,15-16,18H,3-4,6-7,9-10,14H2,1-2H3,(H2,29,33). The van der Waals surface area contributed by atoms with Gasteiger partial charge in [0.05, 0.1) is 27.4 Å². The Bertz CT molecular complexity index is 1450. The molecule has 0 saturated heterocycles. The number of hydrogen-bond donors (Lipinski definition) is 1. The van der Waals surface area contributed by atoms with Gasteiger partial charge in [-0.2, -0.15) is 4.37 Å². The van der Waals surface area contributed by atoms with Gasteiger partial charge in [-0.1, -0.05) is 0 Å². The van der Waals surface area contributed by atoms with Crippen molar-refractivity contribution in [2.24, 2.45) is 11.7 Å². The number of carbonyl (C=O) groups is 1. The molecule has 1 aromatic heterocycles. The van der Waals surface area contributed by atoms with Crippen molar-refractivity contribution in [1.29, 1.82) is 0 Å². The molecule has 0 spiro atoms. The van der Waals surface area contributed by atoms with E-state index in [1.54, 1.807) is 18.2 Å². The van der Waals surface area contributed by atoms with Crippen molar-refractivity contribution in [3.05, 3.63) is 53.9 Å². The number of carbonyl (C=O) groups excluding carboxylic acids is 1. The van der Waals surface area contributed by atoms with Crippen molar-refractivity contribution in [1.82, 2.24) is 9.36 Å². The monoisotopic (exact) mass is 612 g/mol. The molecule has 0 radical (unpaired) electrons. The molecule has 11 nitrogen and oxygen atoms in total. The van der Waals surface area contributed by atoms with E-state index in [0.717, 1.165) is 34.7 Å². The molecule has 0 unspecified atom stereocenters. The number of nitrogens with zero attached hydrogens (tertiary/aromatic N) is 3. The number of ether oxygens (including phenoxy) is 4. The number of aromatic nitrogens is 2. The summed E-state index contributed by atoms with van der Waals surface area (Å²) in [7, 11) is -1.75. The Morgan fingerprint density at radius 1 is 1.07 bits per heavy atom. The third kappa shape index (κ3) is 7.33. The average molecular weight is 613 g/mol. The molecule has 4 rings (SSSR count). The van der Waals surface area contributed by atoms with E-state index in [4.69, 9.17) is 24.7 Å². The van der Waals surface area contributed by atoms with Gasteiger partial charge in [-0.05, 0) is 50.2 Å². The van der Waals surface area contributed by atoms with Gasteiger partial charge in [-0.15, -0.1) is 0 Å². The van der Waals surface area contributed by atoms with Crippen molar-refractivity contribution in [3.8, 4) is 17.2 Å². The van der Waals surface area contributed by atoms with E-state index in [1.165, 1.54) is 20.5 Å². The minimum absolute atomic E-state index is 0.0426. The number of rotatable bonds is 12. The van der Waals surface area contributed by atoms with Crippen LogP contribution in [0, 0.1) is 17.6 Å². The van der Waals surface area contributed by atoms with E-state index in [-0.39, 0.29) is 30.3 Å². The van der Waals surface area contributed by atoms with Gasteiger partial charge in [0.25, 0.3) is 10.0 Å². The van der Waals surface area contributed by atoms with Crippen LogP contribution in [0.5, 0.6) is 17.2 Å². The van der Waals surface area contributed by atoms with Gasteiger partial charge in [0.1, 0.15) is 34.6 Å². The SMILES string of the molecule is COc1ccc(CN(c2ncns2)S(=O)(=O)c2cc(F)c(OCCC3CCC(OC(N)=O)CC3)cc2F)c(OC)c1. The first kappa shape index (κ1) is 30.2. The summed E-state index contributed by atoms with van der Waals surface area (Å²) in [6, 6.07) is 6.13. The minimum Gasteiger partial charge on any atom is -0.497 e. The molecular formula is C26H30F2N4O7S2. The maximum atomic E-state index is 15.3. The van der Waals surface area contributed by atoms with E-state index in [9.17, 15) is 13.2 Å². The molecule has 15 heteroatoms. The second-order valence-corrected chi connectivity index (χ2v) is 11.9. The molecule has 2 aromatic carbocycles. The smallest absolute Gasteiger partial charge is 0.404 e. The first-order valence-electron chi connectivity index (χ1n) is 12.7. The van der Waals surface area contributed by atoms with Crippen molar-refractivity contribution >= 4 is 32.8 Å². The zero-order valence-electron chi connectivity index (χ0n) is 22.4. The van der Waals surface area contributed by atoms with E-state index in [0.29, 0.717) is 42.4 Å². The van der Waals surface area contributed by atoms with Gasteiger partial charge < -0.3 is 24.7 Å². The summed E-state index contributed by atoms with van der Waals surface area (Å²) in [5.74, 6) is -1.52. The van der Waals surface area contributed by atoms with Gasteiger partial charge in [0, 0.05) is 35.3 Å². The first-order chi connectivity index (χ1) is 19.6. The highest BCUT2D eigenvalue weighted by molar-refractivity contribution is 7.93. The van der Waals surface area contributed by atoms with Crippen LogP contribution < -0.4 is 24.2 Å². The molecule has 1 amide bonds. The Kier molecular flexibility index (Phi) is 9.81. The highest BCUT2D eigenvalue weighted by Gasteiger charge is 2.32. The molecule has 41 heavy (non-hydrogen) atoms. The van der Waals surface area contributed by atoms with Gasteiger partial charge in [0.2, 0.25) is 5.13 Å². The zero-order valence-corrected chi connectivity index (χ0v) is 24.1. The van der Waals surface area contributed by atoms with Crippen LogP contribution in [0.3, 0.4) is 0 Å². The number of methoxy groups -OCH3 is 2. The van der Waals surface area contributed by atoms with Gasteiger partial charge in [0.15, 0.2) is 11.6 Å². The Balaban J connectivity index is 1.49. The Morgan fingerprint density at radius 2 is 1.83 bits per heavy atom. The third-order valence-electron chi connectivity index (χ3n) is 6.79. The lowest BCUT2D eigenvalue weighted by Crippen LogP contribution is -2.31. The van der Waals surface area contributed by atoms with Crippen molar-refractivity contribution in [2.75, 3.05) is 25.1 Å². The number of hydrogen-bond acceptors (Lipinski definition) is 10. The maximum absolute atomic E-state index is 15.3. The Hall–Kier alpha value is -3.72. The molecule has 3 aromatic rings. The van der Waals surface area contributed by atoms with Gasteiger partial charge in [-0.3, -0.25) is 0 Å². The lowest BCUT2D eigenvalue weighted by molar-refractivity contribution is 0.0674. The van der Waals surface area contributed by atoms with E-state index < -0.39 is 38.4 Å². The van der Waals surface area contributed by atoms with Crippen LogP contribution in [0.4, 0.5) is 18.7 Å². The molecule has 222 valence electrons. The maximum Gasteiger partial charge on any atom is 0.404 e. The van der Waals surface area contributed by atoms with E-state index >= 15 is 8.78 Å². The topological polar surface area (TPSA) is 143 Å². The van der Waals surface area contributed by atoms with Crippen LogP contribution in [-0.2, 0) is 21.3 Å². The highest BCUT2D eigenvalue weighted by Crippen LogP contribution is 2.34. The number of anilines is 1. The fourth-order valence-electron chi connectivity index (χ4n) is 4.65. The van der Waals surface area contributed by atoms with Crippen LogP contribution in [0.15, 0.2) is 41.6 Å². The van der Waals surface area contributed by atoms with Crippen LogP contribution in [-0.4, -0.2) is 50.8 Å². The molecule has 1 fully saturated rings. The van der Waals surface area contributed by atoms with E-state index in [2.05, 4.69) is 9.36 Å². The quantitative estimate of drug-likeness (QED) is 0.309. The summed E-state index contributed by atoms with van der Waals surface area (Å²) in [5.41, 5.74) is 5.49. The second kappa shape index (κ2) is 13.3. The summed E-state index contributed by atoms with van der Waals surface area (Å²) in [4.78, 5) is 14.0. The summed E-state index contributed by atoms with van der Waals surface area (Å²) in [6.45, 7) is -0.195. The summed E-state index contributed by atoms with van der Waals surface area (Å²) in [5, 5.41) is -0.0426. The largest absolute Gasteiger partial charge is 0.497 e. The van der Waals surface area contributed by atoms with Crippen molar-refractivity contribution < 1.29 is 40.9 Å². The number of halogens is 2. The summed E-state index contributed by atoms with van der Waals surface area (Å²) >= 11 is 0.782. The highest BCUT2D eigenvalue weighted by atomic mass is 32.2. The minimum atomic E-state index is -4.65. The fraction of sp³-hybridized carbons (Fsp3) is 0.423. The van der Waals surface area contributed by atoms with Crippen molar-refractivity contribution in [2.45, 2.75) is 49.6 Å². The summed E-state index contributed by atoms with van der Waals surface area (Å²) in [6.07, 6.45) is 3.60. The van der Waals surface area contributed by atoms with Crippen LogP contribution in [0.25, 0.3) is 0 Å². The normalized spacial score (nSPS) is 17.1. The number of primary amides is 1. The molecule has 1 aliphatic carbocycles. The third-order valence-corrected chi connectivity index (χ3v) is 9.34. The molecule has 1 aliphatic rings. The van der Waals surface area contributed by atoms with Gasteiger partial charge >= 0.3 is 6.09 Å². The second-order valence-electron chi connectivity index (χ2n) is 9.34. The fourth-order valence-corrected chi connectivity index (χ4v) is 6.84. The van der Waals surface area contributed by atoms with Crippen LogP contribution >= 0.6 is 11.5 Å². The van der Waals surface area contributed by atoms with Crippen LogP contribution in [0.1, 0.15) is 37.7 Å². The molecule has 0 aliphatic heterocycles. The number of sulfonamides is 1. The predicted molar refractivity (Wildman–Crippen MR) is 146 cm³/mol.